The molecule has 1 aromatic rings. The number of carbonyl (C=O) groups is 1. The Bertz CT molecular complexity index is 297. The largest absolute Gasteiger partial charge is 0.341 e. The quantitative estimate of drug-likeness (QED) is 0.764. The maximum Gasteiger partial charge on any atom is 0.317 e. The van der Waals surface area contributed by atoms with Gasteiger partial charge < -0.3 is 10.2 Å². The maximum atomic E-state index is 11.3. The van der Waals surface area contributed by atoms with Gasteiger partial charge in [-0.2, -0.15) is 0 Å². The number of hydrogen-bond acceptors (Lipinski definition) is 1. The highest BCUT2D eigenvalue weighted by Crippen LogP contribution is 2.17. The van der Waals surface area contributed by atoms with Gasteiger partial charge in [0.15, 0.2) is 0 Å². The molecule has 1 rings (SSSR count). The molecule has 0 bridgehead atoms. The second kappa shape index (κ2) is 4.65. The Morgan fingerprint density at radius 3 is 2.43 bits per heavy atom. The number of amides is 2. The molecule has 0 unspecified atom stereocenters. The van der Waals surface area contributed by atoms with Crippen molar-refractivity contribution in [3.8, 4) is 0 Å². The molecule has 3 heteroatoms. The summed E-state index contributed by atoms with van der Waals surface area (Å²) in [5, 5.41) is 2.60. The van der Waals surface area contributed by atoms with Gasteiger partial charge in [0, 0.05) is 14.1 Å². The summed E-state index contributed by atoms with van der Waals surface area (Å²) in [4.78, 5) is 13.0. The average molecular weight is 192 g/mol. The molecule has 0 heterocycles. The first-order valence-corrected chi connectivity index (χ1v) is 4.66. The van der Waals surface area contributed by atoms with Crippen molar-refractivity contribution < 1.29 is 4.79 Å². The molecule has 3 nitrogen and oxygen atoms in total. The molecule has 0 aromatic heterocycles. The van der Waals surface area contributed by atoms with E-state index in [1.165, 1.54) is 0 Å². The fraction of sp³-hybridized carbons (Fsp3) is 0.364. The Labute approximate surface area is 84.7 Å². The molecule has 0 aliphatic rings. The van der Waals surface area contributed by atoms with Gasteiger partial charge in [0.05, 0.1) is 6.04 Å². The number of nitrogens with one attached hydrogen (secondary N) is 1. The third-order valence-corrected chi connectivity index (χ3v) is 2.40. The predicted octanol–water partition coefficient (Wildman–Crippen LogP) is 2.02. The van der Waals surface area contributed by atoms with Crippen molar-refractivity contribution >= 4 is 6.03 Å². The van der Waals surface area contributed by atoms with Crippen LogP contribution in [0.5, 0.6) is 0 Å². The number of carbonyl (C=O) groups excluding carboxylic acids is 1. The minimum absolute atomic E-state index is 0.0682. The van der Waals surface area contributed by atoms with Crippen LogP contribution >= 0.6 is 0 Å². The topological polar surface area (TPSA) is 32.3 Å². The zero-order chi connectivity index (χ0) is 10.6. The Balaban J connectivity index is 2.75. The van der Waals surface area contributed by atoms with E-state index in [4.69, 9.17) is 0 Å². The van der Waals surface area contributed by atoms with E-state index in [1.54, 1.807) is 19.0 Å². The van der Waals surface area contributed by atoms with Gasteiger partial charge >= 0.3 is 6.03 Å². The van der Waals surface area contributed by atoms with Gasteiger partial charge in [0.25, 0.3) is 0 Å². The van der Waals surface area contributed by atoms with E-state index in [0.29, 0.717) is 0 Å². The second-order valence-electron chi connectivity index (χ2n) is 3.25. The summed E-state index contributed by atoms with van der Waals surface area (Å²) in [5.41, 5.74) is 1.14. The van der Waals surface area contributed by atoms with Gasteiger partial charge in [-0.1, -0.05) is 30.3 Å². The summed E-state index contributed by atoms with van der Waals surface area (Å²) in [7, 11) is 3.42. The molecule has 0 aliphatic heterocycles. The maximum absolute atomic E-state index is 11.3. The number of rotatable bonds is 2. The van der Waals surface area contributed by atoms with Crippen LogP contribution in [0.2, 0.25) is 0 Å². The molecule has 0 saturated carbocycles. The number of urea groups is 1. The van der Waals surface area contributed by atoms with E-state index in [2.05, 4.69) is 5.32 Å². The summed E-state index contributed by atoms with van der Waals surface area (Å²) in [6, 6.07) is 9.98. The van der Waals surface area contributed by atoms with Crippen LogP contribution in [0.3, 0.4) is 0 Å². The Morgan fingerprint density at radius 1 is 1.36 bits per heavy atom. The van der Waals surface area contributed by atoms with Gasteiger partial charge in [-0.15, -0.1) is 0 Å². The monoisotopic (exact) mass is 192 g/mol. The molecule has 1 aromatic carbocycles. The van der Waals surface area contributed by atoms with Crippen LogP contribution in [0.15, 0.2) is 30.3 Å². The number of nitrogens with zero attached hydrogens (tertiary/aromatic N) is 1. The summed E-state index contributed by atoms with van der Waals surface area (Å²) in [6.45, 7) is 2.00. The standard InChI is InChI=1S/C11H16N2O/c1-9(13(3)11(14)12-2)10-7-5-4-6-8-10/h4-9H,1-3H3,(H,12,14)/t9-/m0/s1. The van der Waals surface area contributed by atoms with Crippen LogP contribution in [0, 0.1) is 0 Å². The minimum atomic E-state index is -0.0682. The lowest BCUT2D eigenvalue weighted by molar-refractivity contribution is 0.197. The highest BCUT2D eigenvalue weighted by Gasteiger charge is 2.14. The lowest BCUT2D eigenvalue weighted by Crippen LogP contribution is -2.36. The van der Waals surface area contributed by atoms with Gasteiger partial charge in [-0.05, 0) is 12.5 Å². The third-order valence-electron chi connectivity index (χ3n) is 2.40. The molecule has 1 N–H and O–H groups in total. The third kappa shape index (κ3) is 2.25. The van der Waals surface area contributed by atoms with Crippen molar-refractivity contribution in [2.75, 3.05) is 14.1 Å². The average Bonchev–Trinajstić information content (AvgIpc) is 2.27. The zero-order valence-electron chi connectivity index (χ0n) is 8.82. The van der Waals surface area contributed by atoms with Crippen LogP contribution in [0.25, 0.3) is 0 Å². The smallest absolute Gasteiger partial charge is 0.317 e. The zero-order valence-corrected chi connectivity index (χ0v) is 8.82. The van der Waals surface area contributed by atoms with E-state index >= 15 is 0 Å². The Morgan fingerprint density at radius 2 is 1.93 bits per heavy atom. The van der Waals surface area contributed by atoms with Crippen LogP contribution < -0.4 is 5.32 Å². The van der Waals surface area contributed by atoms with Gasteiger partial charge in [0.2, 0.25) is 0 Å². The summed E-state index contributed by atoms with van der Waals surface area (Å²) in [6.07, 6.45) is 0. The van der Waals surface area contributed by atoms with E-state index in [1.807, 2.05) is 37.3 Å². The Kier molecular flexibility index (Phi) is 3.51. The molecular formula is C11H16N2O. The fourth-order valence-electron chi connectivity index (χ4n) is 1.31. The summed E-state index contributed by atoms with van der Waals surface area (Å²) in [5.74, 6) is 0. The van der Waals surface area contributed by atoms with Gasteiger partial charge in [0.1, 0.15) is 0 Å². The van der Waals surface area contributed by atoms with E-state index in [0.717, 1.165) is 5.56 Å². The van der Waals surface area contributed by atoms with Crippen molar-refractivity contribution in [1.29, 1.82) is 0 Å². The predicted molar refractivity (Wildman–Crippen MR) is 57.1 cm³/mol. The first-order chi connectivity index (χ1) is 6.66. The molecule has 0 radical (unpaired) electrons. The molecule has 1 atom stereocenters. The first kappa shape index (κ1) is 10.6. The highest BCUT2D eigenvalue weighted by atomic mass is 16.2. The molecule has 14 heavy (non-hydrogen) atoms. The molecule has 0 fully saturated rings. The lowest BCUT2D eigenvalue weighted by Gasteiger charge is -2.24. The summed E-state index contributed by atoms with van der Waals surface area (Å²) >= 11 is 0. The van der Waals surface area contributed by atoms with Crippen molar-refractivity contribution in [2.24, 2.45) is 0 Å². The van der Waals surface area contributed by atoms with Crippen LogP contribution in [-0.4, -0.2) is 25.0 Å². The summed E-state index contributed by atoms with van der Waals surface area (Å²) < 4.78 is 0. The SMILES string of the molecule is CNC(=O)N(C)[C@@H](C)c1ccccc1. The molecule has 2 amide bonds. The van der Waals surface area contributed by atoms with Crippen LogP contribution in [-0.2, 0) is 0 Å². The number of benzene rings is 1. The lowest BCUT2D eigenvalue weighted by atomic mass is 10.1. The normalized spacial score (nSPS) is 11.9. The fourth-order valence-corrected chi connectivity index (χ4v) is 1.31. The van der Waals surface area contributed by atoms with Crippen molar-refractivity contribution in [3.05, 3.63) is 35.9 Å². The second-order valence-corrected chi connectivity index (χ2v) is 3.25. The Hall–Kier alpha value is -1.51. The molecule has 0 aliphatic carbocycles. The number of hydrogen-bond donors (Lipinski definition) is 1. The van der Waals surface area contributed by atoms with E-state index < -0.39 is 0 Å². The highest BCUT2D eigenvalue weighted by molar-refractivity contribution is 5.73. The van der Waals surface area contributed by atoms with Gasteiger partial charge in [-0.3, -0.25) is 0 Å². The molecule has 76 valence electrons. The van der Waals surface area contributed by atoms with Crippen molar-refractivity contribution in [3.63, 3.8) is 0 Å². The van der Waals surface area contributed by atoms with Crippen LogP contribution in [0.1, 0.15) is 18.5 Å². The van der Waals surface area contributed by atoms with E-state index in [9.17, 15) is 4.79 Å². The minimum Gasteiger partial charge on any atom is -0.341 e. The molecular weight excluding hydrogens is 176 g/mol. The van der Waals surface area contributed by atoms with E-state index in [-0.39, 0.29) is 12.1 Å². The molecule has 0 spiro atoms. The van der Waals surface area contributed by atoms with Crippen molar-refractivity contribution in [1.82, 2.24) is 10.2 Å². The van der Waals surface area contributed by atoms with Gasteiger partial charge in [-0.25, -0.2) is 4.79 Å². The van der Waals surface area contributed by atoms with Crippen molar-refractivity contribution in [2.45, 2.75) is 13.0 Å². The first-order valence-electron chi connectivity index (χ1n) is 4.66. The molecule has 0 saturated heterocycles. The van der Waals surface area contributed by atoms with Crippen LogP contribution in [0.4, 0.5) is 4.79 Å².